The number of anilines is 3. The van der Waals surface area contributed by atoms with E-state index in [2.05, 4.69) is 195 Å². The van der Waals surface area contributed by atoms with Gasteiger partial charge in [-0.15, -0.1) is 0 Å². The second-order valence-corrected chi connectivity index (χ2v) is 15.4. The molecule has 5 heteroatoms. The summed E-state index contributed by atoms with van der Waals surface area (Å²) >= 11 is 0. The first kappa shape index (κ1) is 44.2. The molecule has 7 aromatic rings. The van der Waals surface area contributed by atoms with Crippen molar-refractivity contribution in [3.05, 3.63) is 257 Å². The summed E-state index contributed by atoms with van der Waals surface area (Å²) < 4.78 is 24.9. The summed E-state index contributed by atoms with van der Waals surface area (Å²) in [5.41, 5.74) is 16.1. The van der Waals surface area contributed by atoms with Crippen LogP contribution in [-0.4, -0.2) is 0 Å². The maximum Gasteiger partial charge on any atom is 0.0722 e. The molecule has 0 atom stereocenters. The van der Waals surface area contributed by atoms with Gasteiger partial charge in [0, 0.05) is 17.1 Å². The number of benzene rings is 7. The zero-order chi connectivity index (χ0) is 43.6. The normalized spacial score (nSPS) is 10.9. The lowest BCUT2D eigenvalue weighted by Gasteiger charge is -2.27. The van der Waals surface area contributed by atoms with Crippen LogP contribution in [0.1, 0.15) is 66.8 Å². The van der Waals surface area contributed by atoms with Gasteiger partial charge in [0.1, 0.15) is 0 Å². The van der Waals surface area contributed by atoms with Gasteiger partial charge in [0.2, 0.25) is 0 Å². The molecule has 0 saturated heterocycles. The van der Waals surface area contributed by atoms with Crippen molar-refractivity contribution in [1.82, 2.24) is 0 Å². The molecule has 0 aliphatic rings. The lowest BCUT2D eigenvalue weighted by atomic mass is 10.1. The summed E-state index contributed by atoms with van der Waals surface area (Å²) in [6.45, 7) is 19.4. The van der Waals surface area contributed by atoms with E-state index >= 15 is 0 Å². The molecular weight excluding hydrogens is 775 g/mol. The Morgan fingerprint density at radius 3 is 0.730 bits per heavy atom. The van der Waals surface area contributed by atoms with Crippen molar-refractivity contribution < 1.29 is 18.9 Å². The maximum atomic E-state index is 6.34. The maximum absolute atomic E-state index is 6.34. The highest BCUT2D eigenvalue weighted by molar-refractivity contribution is 5.77. The fraction of sp³-hybridized carbons (Fsp3) is 0.138. The third kappa shape index (κ3) is 13.1. The van der Waals surface area contributed by atoms with Gasteiger partial charge in [-0.2, -0.15) is 0 Å². The van der Waals surface area contributed by atoms with Crippen LogP contribution >= 0.6 is 0 Å². The summed E-state index contributed by atoms with van der Waals surface area (Å²) in [7, 11) is 0. The molecule has 0 radical (unpaired) electrons. The van der Waals surface area contributed by atoms with Gasteiger partial charge in [-0.1, -0.05) is 178 Å². The van der Waals surface area contributed by atoms with Crippen molar-refractivity contribution in [1.29, 1.82) is 0 Å². The van der Waals surface area contributed by atoms with Crippen molar-refractivity contribution >= 4 is 41.4 Å². The van der Waals surface area contributed by atoms with Crippen molar-refractivity contribution in [2.75, 3.05) is 4.90 Å². The zero-order valence-electron chi connectivity index (χ0n) is 36.0. The quantitative estimate of drug-likeness (QED) is 0.0642. The minimum absolute atomic E-state index is 0.431. The van der Waals surface area contributed by atoms with E-state index in [-0.39, 0.29) is 0 Å². The minimum Gasteiger partial charge on any atom is -0.372 e. The highest BCUT2D eigenvalue weighted by atomic mass is 16.5. The molecule has 0 unspecified atom stereocenters. The van der Waals surface area contributed by atoms with Crippen LogP contribution in [0.15, 0.2) is 190 Å². The van der Waals surface area contributed by atoms with E-state index in [9.17, 15) is 0 Å². The van der Waals surface area contributed by atoms with Crippen molar-refractivity contribution in [3.8, 4) is 0 Å². The summed E-state index contributed by atoms with van der Waals surface area (Å²) in [6.07, 6.45) is 7.39. The summed E-state index contributed by atoms with van der Waals surface area (Å²) in [6, 6.07) is 56.9. The molecule has 63 heavy (non-hydrogen) atoms. The van der Waals surface area contributed by atoms with Crippen LogP contribution in [0.25, 0.3) is 24.3 Å². The minimum atomic E-state index is 0.431. The molecule has 0 N–H and O–H groups in total. The van der Waals surface area contributed by atoms with E-state index in [1.165, 1.54) is 0 Å². The van der Waals surface area contributed by atoms with Crippen LogP contribution < -0.4 is 4.90 Å². The number of hydrogen-bond donors (Lipinski definition) is 0. The molecule has 0 aliphatic heterocycles. The Hall–Kier alpha value is -6.86. The van der Waals surface area contributed by atoms with Gasteiger partial charge in [-0.3, -0.25) is 0 Å². The van der Waals surface area contributed by atoms with Gasteiger partial charge in [0.15, 0.2) is 0 Å². The molecule has 316 valence electrons. The number of ether oxygens (including phenoxy) is 4. The molecule has 0 aliphatic carbocycles. The predicted octanol–water partition coefficient (Wildman–Crippen LogP) is 14.6. The van der Waals surface area contributed by atoms with Crippen molar-refractivity contribution in [2.45, 2.75) is 52.9 Å². The summed E-state index contributed by atoms with van der Waals surface area (Å²) in [5.74, 6) is 0. The molecule has 5 nitrogen and oxygen atoms in total. The molecule has 7 rings (SSSR count). The van der Waals surface area contributed by atoms with Crippen LogP contribution in [0.2, 0.25) is 0 Å². The Morgan fingerprint density at radius 2 is 0.492 bits per heavy atom. The fourth-order valence-corrected chi connectivity index (χ4v) is 7.12. The number of nitrogens with zero attached hydrogens (tertiary/aromatic N) is 1. The number of hydrogen-bond acceptors (Lipinski definition) is 5. The lowest BCUT2D eigenvalue weighted by Crippen LogP contribution is -2.12. The molecule has 0 spiro atoms. The van der Waals surface area contributed by atoms with Gasteiger partial charge < -0.3 is 23.8 Å². The van der Waals surface area contributed by atoms with E-state index in [0.717, 1.165) is 83.8 Å². The Balaban J connectivity index is 1.14. The van der Waals surface area contributed by atoms with Crippen LogP contribution in [0.4, 0.5) is 17.1 Å². The zero-order valence-corrected chi connectivity index (χ0v) is 36.0. The topological polar surface area (TPSA) is 40.2 Å². The van der Waals surface area contributed by atoms with E-state index in [1.54, 1.807) is 0 Å². The molecule has 0 saturated carbocycles. The van der Waals surface area contributed by atoms with Gasteiger partial charge in [0.25, 0.3) is 0 Å². The third-order valence-corrected chi connectivity index (χ3v) is 10.7. The molecule has 0 fully saturated rings. The summed E-state index contributed by atoms with van der Waals surface area (Å²) in [4.78, 5) is 2.28. The van der Waals surface area contributed by atoms with Crippen molar-refractivity contribution in [3.63, 3.8) is 0 Å². The second kappa shape index (κ2) is 22.8. The first-order valence-electron chi connectivity index (χ1n) is 21.3. The fourth-order valence-electron chi connectivity index (χ4n) is 7.12. The Morgan fingerprint density at radius 1 is 0.270 bits per heavy atom. The van der Waals surface area contributed by atoms with E-state index < -0.39 is 0 Å². The van der Waals surface area contributed by atoms with Crippen LogP contribution in [0.3, 0.4) is 0 Å². The van der Waals surface area contributed by atoms with Gasteiger partial charge in [0.05, 0.1) is 52.9 Å². The van der Waals surface area contributed by atoms with Crippen LogP contribution in [0, 0.1) is 0 Å². The smallest absolute Gasteiger partial charge is 0.0722 e. The van der Waals surface area contributed by atoms with Crippen molar-refractivity contribution in [2.24, 2.45) is 0 Å². The molecular formula is C58H55NO4. The van der Waals surface area contributed by atoms with Gasteiger partial charge in [-0.05, 0) is 103 Å². The Bertz CT molecular complexity index is 2360. The third-order valence-electron chi connectivity index (χ3n) is 10.7. The van der Waals surface area contributed by atoms with Crippen LogP contribution in [-0.2, 0) is 71.8 Å². The number of rotatable bonds is 23. The Labute approximate surface area is 373 Å². The summed E-state index contributed by atoms with van der Waals surface area (Å²) in [5, 5.41) is 0. The molecule has 0 bridgehead atoms. The molecule has 7 aromatic carbocycles. The Kier molecular flexibility index (Phi) is 16.0. The highest BCUT2D eigenvalue weighted by Gasteiger charge is 2.16. The molecule has 0 amide bonds. The average molecular weight is 830 g/mol. The monoisotopic (exact) mass is 829 g/mol. The largest absolute Gasteiger partial charge is 0.372 e. The predicted molar refractivity (Wildman–Crippen MR) is 261 cm³/mol. The van der Waals surface area contributed by atoms with Crippen LogP contribution in [0.5, 0.6) is 0 Å². The first-order chi connectivity index (χ1) is 31.0. The average Bonchev–Trinajstić information content (AvgIpc) is 3.33. The lowest BCUT2D eigenvalue weighted by molar-refractivity contribution is 0.103. The van der Waals surface area contributed by atoms with Gasteiger partial charge in [-0.25, -0.2) is 0 Å². The SMILES string of the molecule is C=Cc1ccc(COCc2ccc(N(c3ccc(COCc4ccc(C=C)cc4)cc3)c3cc(COCc4ccc(C=C)cc4)cc(COCc4ccc(C=C)cc4)c3)cc2)cc1. The molecule has 0 heterocycles. The van der Waals surface area contributed by atoms with E-state index in [4.69, 9.17) is 18.9 Å². The molecule has 0 aromatic heterocycles. The first-order valence-corrected chi connectivity index (χ1v) is 21.3. The van der Waals surface area contributed by atoms with E-state index in [1.807, 2.05) is 24.3 Å². The van der Waals surface area contributed by atoms with E-state index in [0.29, 0.717) is 52.9 Å². The second-order valence-electron chi connectivity index (χ2n) is 15.4. The highest BCUT2D eigenvalue weighted by Crippen LogP contribution is 2.36. The van der Waals surface area contributed by atoms with Gasteiger partial charge >= 0.3 is 0 Å². The standard InChI is InChI=1S/C58H55NO4/c1-5-44-9-17-48(18-10-44)36-60-40-52-25-29-56(30-26-52)59(57-31-27-53(28-32-57)41-61-37-49-19-11-45(6-2)12-20-49)58-34-54(42-62-38-50-21-13-46(7-3)14-22-50)33-55(35-58)43-63-39-51-23-15-47(8-4)16-24-51/h5-35H,1-4,36-43H2.